The summed E-state index contributed by atoms with van der Waals surface area (Å²) in [5.41, 5.74) is -2.18. The third-order valence-electron chi connectivity index (χ3n) is 3.36. The molecule has 2 aromatic rings. The van der Waals surface area contributed by atoms with Crippen LogP contribution in [-0.2, 0) is 9.59 Å². The van der Waals surface area contributed by atoms with Gasteiger partial charge in [-0.15, -0.1) is 0 Å². The number of aromatic nitrogens is 1. The summed E-state index contributed by atoms with van der Waals surface area (Å²) >= 11 is 0. The van der Waals surface area contributed by atoms with Crippen LogP contribution >= 0.6 is 0 Å². The van der Waals surface area contributed by atoms with Crippen LogP contribution in [-0.4, -0.2) is 22.4 Å². The van der Waals surface area contributed by atoms with Crippen molar-refractivity contribution in [2.24, 2.45) is 0 Å². The average Bonchev–Trinajstić information content (AvgIpc) is 2.51. The highest BCUT2D eigenvalue weighted by Gasteiger charge is 2.47. The van der Waals surface area contributed by atoms with Crippen molar-refractivity contribution < 1.29 is 23.1 Å². The number of hydrogen-bond acceptors (Lipinski definition) is 4. The van der Waals surface area contributed by atoms with Crippen molar-refractivity contribution in [3.63, 3.8) is 0 Å². The number of rotatable bonds is 2. The normalized spacial score (nSPS) is 19.3. The number of nitrogens with zero attached hydrogens (tertiary/aromatic N) is 1. The van der Waals surface area contributed by atoms with E-state index in [2.05, 4.69) is 15.6 Å². The number of nitrogens with one attached hydrogen (secondary N) is 2. The summed E-state index contributed by atoms with van der Waals surface area (Å²) in [6, 6.07) is 5.78. The molecule has 0 saturated carbocycles. The Bertz CT molecular complexity index is 812. The van der Waals surface area contributed by atoms with Gasteiger partial charge in [-0.1, -0.05) is 0 Å². The van der Waals surface area contributed by atoms with E-state index in [4.69, 9.17) is 4.74 Å². The molecule has 1 aromatic carbocycles. The molecule has 0 unspecified atom stereocenters. The quantitative estimate of drug-likeness (QED) is 0.831. The highest BCUT2D eigenvalue weighted by molar-refractivity contribution is 6.18. The van der Waals surface area contributed by atoms with Gasteiger partial charge in [-0.05, 0) is 31.2 Å². The standard InChI is InChI=1S/C15H11F2N3O3/c1-15(13(21)19-10-5-4-8(16)7-9(10)17)14(22)20-12-11(23-15)3-2-6-18-12/h2-7H,1H3,(H,19,21)(H,18,20,22)/t15-/m0/s1. The summed E-state index contributed by atoms with van der Waals surface area (Å²) in [6.07, 6.45) is 1.46. The average molecular weight is 319 g/mol. The predicted molar refractivity (Wildman–Crippen MR) is 76.9 cm³/mol. The van der Waals surface area contributed by atoms with Crippen LogP contribution in [0.4, 0.5) is 20.3 Å². The molecule has 8 heteroatoms. The van der Waals surface area contributed by atoms with Crippen LogP contribution in [0.2, 0.25) is 0 Å². The topological polar surface area (TPSA) is 80.3 Å². The van der Waals surface area contributed by atoms with Crippen LogP contribution in [0.1, 0.15) is 6.92 Å². The summed E-state index contributed by atoms with van der Waals surface area (Å²) in [7, 11) is 0. The molecule has 0 radical (unpaired) electrons. The van der Waals surface area contributed by atoms with Gasteiger partial charge in [0.2, 0.25) is 0 Å². The Labute approximate surface area is 129 Å². The monoisotopic (exact) mass is 319 g/mol. The molecule has 118 valence electrons. The number of fused-ring (bicyclic) bond motifs is 1. The van der Waals surface area contributed by atoms with Crippen molar-refractivity contribution in [1.29, 1.82) is 0 Å². The first-order valence-corrected chi connectivity index (χ1v) is 6.62. The van der Waals surface area contributed by atoms with Gasteiger partial charge in [0.05, 0.1) is 5.69 Å². The largest absolute Gasteiger partial charge is 0.464 e. The van der Waals surface area contributed by atoms with Crippen LogP contribution in [0.5, 0.6) is 5.75 Å². The van der Waals surface area contributed by atoms with Gasteiger partial charge in [-0.25, -0.2) is 13.8 Å². The van der Waals surface area contributed by atoms with E-state index in [1.165, 1.54) is 19.2 Å². The van der Waals surface area contributed by atoms with E-state index in [1.54, 1.807) is 6.07 Å². The zero-order valence-corrected chi connectivity index (χ0v) is 11.9. The lowest BCUT2D eigenvalue weighted by molar-refractivity contribution is -0.143. The highest BCUT2D eigenvalue weighted by Crippen LogP contribution is 2.32. The predicted octanol–water partition coefficient (Wildman–Crippen LogP) is 2.09. The number of carbonyl (C=O) groups excluding carboxylic acids is 2. The molecule has 1 aromatic heterocycles. The molecule has 0 saturated heterocycles. The summed E-state index contributed by atoms with van der Waals surface area (Å²) in [5.74, 6) is -2.97. The number of halogens is 2. The summed E-state index contributed by atoms with van der Waals surface area (Å²) in [4.78, 5) is 28.4. The van der Waals surface area contributed by atoms with Gasteiger partial charge in [0.1, 0.15) is 11.6 Å². The fourth-order valence-corrected chi connectivity index (χ4v) is 2.04. The summed E-state index contributed by atoms with van der Waals surface area (Å²) in [6.45, 7) is 1.25. The first kappa shape index (κ1) is 14.9. The van der Waals surface area contributed by atoms with E-state index in [0.717, 1.165) is 12.1 Å². The van der Waals surface area contributed by atoms with Gasteiger partial charge < -0.3 is 15.4 Å². The van der Waals surface area contributed by atoms with Gasteiger partial charge in [0, 0.05) is 12.3 Å². The fraction of sp³-hybridized carbons (Fsp3) is 0.133. The van der Waals surface area contributed by atoms with E-state index in [0.29, 0.717) is 6.07 Å². The second kappa shape index (κ2) is 5.31. The Morgan fingerprint density at radius 1 is 1.35 bits per heavy atom. The Morgan fingerprint density at radius 3 is 2.87 bits per heavy atom. The molecule has 0 bridgehead atoms. The molecule has 23 heavy (non-hydrogen) atoms. The second-order valence-corrected chi connectivity index (χ2v) is 5.02. The number of amides is 2. The molecule has 1 aliphatic heterocycles. The minimum atomic E-state index is -1.92. The molecule has 0 aliphatic carbocycles. The second-order valence-electron chi connectivity index (χ2n) is 5.02. The van der Waals surface area contributed by atoms with Crippen molar-refractivity contribution in [3.8, 4) is 5.75 Å². The van der Waals surface area contributed by atoms with Crippen molar-refractivity contribution in [2.75, 3.05) is 10.6 Å². The molecule has 2 amide bonds. The Morgan fingerprint density at radius 2 is 2.13 bits per heavy atom. The van der Waals surface area contributed by atoms with Crippen LogP contribution in [0.25, 0.3) is 0 Å². The molecule has 1 atom stereocenters. The minimum absolute atomic E-state index is 0.190. The van der Waals surface area contributed by atoms with Crippen molar-refractivity contribution in [1.82, 2.24) is 4.98 Å². The number of hydrogen-bond donors (Lipinski definition) is 2. The van der Waals surface area contributed by atoms with Gasteiger partial charge in [-0.2, -0.15) is 0 Å². The molecular weight excluding hydrogens is 308 g/mol. The summed E-state index contributed by atoms with van der Waals surface area (Å²) < 4.78 is 32.0. The van der Waals surface area contributed by atoms with E-state index in [1.807, 2.05) is 0 Å². The van der Waals surface area contributed by atoms with Crippen LogP contribution < -0.4 is 15.4 Å². The number of carbonyl (C=O) groups is 2. The van der Waals surface area contributed by atoms with Gasteiger partial charge in [0.15, 0.2) is 11.6 Å². The molecule has 0 fully saturated rings. The fourth-order valence-electron chi connectivity index (χ4n) is 2.04. The first-order valence-electron chi connectivity index (χ1n) is 6.62. The maximum absolute atomic E-state index is 13.6. The van der Waals surface area contributed by atoms with Gasteiger partial charge in [-0.3, -0.25) is 9.59 Å². The van der Waals surface area contributed by atoms with Gasteiger partial charge >= 0.3 is 0 Å². The Kier molecular flexibility index (Phi) is 3.44. The van der Waals surface area contributed by atoms with Crippen LogP contribution in [0, 0.1) is 11.6 Å². The van der Waals surface area contributed by atoms with E-state index in [9.17, 15) is 18.4 Å². The Hall–Kier alpha value is -3.03. The lowest BCUT2D eigenvalue weighted by atomic mass is 10.0. The number of pyridine rings is 1. The van der Waals surface area contributed by atoms with Crippen molar-refractivity contribution in [2.45, 2.75) is 12.5 Å². The zero-order chi connectivity index (χ0) is 16.6. The third kappa shape index (κ3) is 2.59. The summed E-state index contributed by atoms with van der Waals surface area (Å²) in [5, 5.41) is 4.67. The molecule has 2 heterocycles. The molecule has 6 nitrogen and oxygen atoms in total. The zero-order valence-electron chi connectivity index (χ0n) is 11.9. The lowest BCUT2D eigenvalue weighted by Crippen LogP contribution is -2.56. The third-order valence-corrected chi connectivity index (χ3v) is 3.36. The molecule has 3 rings (SSSR count). The van der Waals surface area contributed by atoms with E-state index in [-0.39, 0.29) is 17.3 Å². The Balaban J connectivity index is 1.88. The maximum Gasteiger partial charge on any atom is 0.279 e. The minimum Gasteiger partial charge on any atom is -0.464 e. The number of benzene rings is 1. The first-order chi connectivity index (χ1) is 10.9. The number of ether oxygens (including phenoxy) is 1. The van der Waals surface area contributed by atoms with E-state index < -0.39 is 29.0 Å². The molecule has 1 aliphatic rings. The van der Waals surface area contributed by atoms with Crippen LogP contribution in [0.3, 0.4) is 0 Å². The number of anilines is 2. The molecule has 0 spiro atoms. The highest BCUT2D eigenvalue weighted by atomic mass is 19.1. The lowest BCUT2D eigenvalue weighted by Gasteiger charge is -2.32. The maximum atomic E-state index is 13.6. The molecule has 2 N–H and O–H groups in total. The molecular formula is C15H11F2N3O3. The van der Waals surface area contributed by atoms with Crippen LogP contribution in [0.15, 0.2) is 36.5 Å². The smallest absolute Gasteiger partial charge is 0.279 e. The van der Waals surface area contributed by atoms with Crippen molar-refractivity contribution in [3.05, 3.63) is 48.2 Å². The SMILES string of the molecule is C[C@@]1(C(=O)Nc2ccc(F)cc2F)Oc2cccnc2NC1=O. The van der Waals surface area contributed by atoms with E-state index >= 15 is 0 Å². The van der Waals surface area contributed by atoms with Gasteiger partial charge in [0.25, 0.3) is 17.4 Å². The van der Waals surface area contributed by atoms with Crippen molar-refractivity contribution >= 4 is 23.3 Å².